The molecule has 3 aromatic rings. The molecule has 0 aliphatic carbocycles. The Kier molecular flexibility index (Phi) is 2.30. The quantitative estimate of drug-likeness (QED) is 0.664. The van der Waals surface area contributed by atoms with Crippen LogP contribution in [0.4, 0.5) is 0 Å². The number of hydrogen-bond donors (Lipinski definition) is 1. The number of aryl methyl sites for hydroxylation is 1. The zero-order valence-electron chi connectivity index (χ0n) is 10.2. The first kappa shape index (κ1) is 10.8. The summed E-state index contributed by atoms with van der Waals surface area (Å²) in [6.45, 7) is 1.86. The molecular formula is C14H12N2O2. The van der Waals surface area contributed by atoms with Crippen LogP contribution in [-0.4, -0.2) is 17.1 Å². The van der Waals surface area contributed by atoms with E-state index in [2.05, 4.69) is 9.97 Å². The van der Waals surface area contributed by atoms with Crippen LogP contribution >= 0.6 is 0 Å². The molecule has 0 aliphatic rings. The molecule has 0 fully saturated rings. The maximum atomic E-state index is 12.1. The molecule has 4 heteroatoms. The largest absolute Gasteiger partial charge is 0.496 e. The van der Waals surface area contributed by atoms with Crippen LogP contribution in [-0.2, 0) is 0 Å². The normalized spacial score (nSPS) is 11.0. The molecule has 0 unspecified atom stereocenters. The average Bonchev–Trinajstić information content (AvgIpc) is 2.37. The van der Waals surface area contributed by atoms with Crippen molar-refractivity contribution in [3.05, 3.63) is 46.4 Å². The average molecular weight is 240 g/mol. The van der Waals surface area contributed by atoms with Crippen LogP contribution in [0.1, 0.15) is 5.69 Å². The van der Waals surface area contributed by atoms with E-state index in [1.165, 1.54) is 0 Å². The van der Waals surface area contributed by atoms with Crippen molar-refractivity contribution in [2.45, 2.75) is 6.92 Å². The lowest BCUT2D eigenvalue weighted by atomic mass is 10.1. The predicted octanol–water partition coefficient (Wildman–Crippen LogP) is 2.39. The second-order valence-electron chi connectivity index (χ2n) is 4.22. The number of fused-ring (bicyclic) bond motifs is 3. The van der Waals surface area contributed by atoms with Crippen LogP contribution < -0.4 is 10.2 Å². The zero-order chi connectivity index (χ0) is 12.7. The van der Waals surface area contributed by atoms with Crippen LogP contribution in [0.5, 0.6) is 5.75 Å². The van der Waals surface area contributed by atoms with Crippen molar-refractivity contribution in [2.24, 2.45) is 0 Å². The van der Waals surface area contributed by atoms with Gasteiger partial charge in [0.1, 0.15) is 5.75 Å². The Morgan fingerprint density at radius 2 is 2.17 bits per heavy atom. The van der Waals surface area contributed by atoms with E-state index in [-0.39, 0.29) is 5.43 Å². The van der Waals surface area contributed by atoms with Gasteiger partial charge in [0.2, 0.25) is 0 Å². The number of H-pyrrole nitrogens is 1. The number of rotatable bonds is 1. The lowest BCUT2D eigenvalue weighted by Gasteiger charge is -2.08. The Labute approximate surface area is 103 Å². The van der Waals surface area contributed by atoms with Gasteiger partial charge in [-0.15, -0.1) is 0 Å². The van der Waals surface area contributed by atoms with Crippen molar-refractivity contribution < 1.29 is 4.74 Å². The first-order valence-corrected chi connectivity index (χ1v) is 5.66. The predicted molar refractivity (Wildman–Crippen MR) is 71.2 cm³/mol. The minimum Gasteiger partial charge on any atom is -0.496 e. The summed E-state index contributed by atoms with van der Waals surface area (Å²) >= 11 is 0. The van der Waals surface area contributed by atoms with Gasteiger partial charge >= 0.3 is 0 Å². The molecule has 1 aromatic carbocycles. The summed E-state index contributed by atoms with van der Waals surface area (Å²) < 4.78 is 5.31. The Hall–Kier alpha value is -2.36. The van der Waals surface area contributed by atoms with Crippen LogP contribution in [0.2, 0.25) is 0 Å². The highest BCUT2D eigenvalue weighted by Crippen LogP contribution is 2.28. The molecule has 2 heterocycles. The molecule has 2 aromatic heterocycles. The summed E-state index contributed by atoms with van der Waals surface area (Å²) in [6, 6.07) is 7.22. The van der Waals surface area contributed by atoms with E-state index in [1.54, 1.807) is 19.4 Å². The number of hydrogen-bond acceptors (Lipinski definition) is 3. The number of pyridine rings is 2. The molecule has 0 bridgehead atoms. The summed E-state index contributed by atoms with van der Waals surface area (Å²) in [6.07, 6.45) is 1.72. The van der Waals surface area contributed by atoms with Crippen LogP contribution in [0.15, 0.2) is 35.3 Å². The number of benzene rings is 1. The maximum Gasteiger partial charge on any atom is 0.193 e. The van der Waals surface area contributed by atoms with Crippen molar-refractivity contribution >= 4 is 21.8 Å². The molecule has 0 saturated carbocycles. The maximum absolute atomic E-state index is 12.1. The minimum atomic E-state index is -0.0503. The highest BCUT2D eigenvalue weighted by molar-refractivity contribution is 6.05. The topological polar surface area (TPSA) is 55.0 Å². The molecule has 0 amide bonds. The second-order valence-corrected chi connectivity index (χ2v) is 4.22. The van der Waals surface area contributed by atoms with E-state index < -0.39 is 0 Å². The summed E-state index contributed by atoms with van der Waals surface area (Å²) in [4.78, 5) is 19.6. The summed E-state index contributed by atoms with van der Waals surface area (Å²) in [7, 11) is 1.57. The van der Waals surface area contributed by atoms with Gasteiger partial charge in [-0.05, 0) is 19.1 Å². The molecule has 0 atom stereocenters. The van der Waals surface area contributed by atoms with Gasteiger partial charge < -0.3 is 9.72 Å². The zero-order valence-corrected chi connectivity index (χ0v) is 10.2. The number of nitrogens with one attached hydrogen (secondary N) is 1. The molecule has 4 nitrogen and oxygen atoms in total. The van der Waals surface area contributed by atoms with Gasteiger partial charge in [-0.25, -0.2) is 0 Å². The van der Waals surface area contributed by atoms with Crippen LogP contribution in [0.25, 0.3) is 21.8 Å². The molecule has 0 aliphatic heterocycles. The van der Waals surface area contributed by atoms with E-state index in [9.17, 15) is 4.79 Å². The highest BCUT2D eigenvalue weighted by Gasteiger charge is 2.11. The molecule has 0 radical (unpaired) electrons. The second kappa shape index (κ2) is 3.84. The van der Waals surface area contributed by atoms with Gasteiger partial charge in [0.15, 0.2) is 5.43 Å². The minimum absolute atomic E-state index is 0.0503. The third-order valence-electron chi connectivity index (χ3n) is 2.99. The summed E-state index contributed by atoms with van der Waals surface area (Å²) in [5, 5.41) is 1.50. The first-order valence-electron chi connectivity index (χ1n) is 5.66. The molecule has 3 rings (SSSR count). The van der Waals surface area contributed by atoms with Gasteiger partial charge in [-0.3, -0.25) is 9.78 Å². The number of nitrogens with zero attached hydrogens (tertiary/aromatic N) is 1. The number of ether oxygens (including phenoxy) is 1. The third-order valence-corrected chi connectivity index (χ3v) is 2.99. The van der Waals surface area contributed by atoms with Crippen molar-refractivity contribution in [3.63, 3.8) is 0 Å². The summed E-state index contributed by atoms with van der Waals surface area (Å²) in [5.74, 6) is 0.576. The molecular weight excluding hydrogens is 228 g/mol. The lowest BCUT2D eigenvalue weighted by molar-refractivity contribution is 0.420. The fourth-order valence-electron chi connectivity index (χ4n) is 2.23. The van der Waals surface area contributed by atoms with E-state index in [0.29, 0.717) is 11.1 Å². The molecule has 90 valence electrons. The Morgan fingerprint density at radius 1 is 1.33 bits per heavy atom. The fourth-order valence-corrected chi connectivity index (χ4v) is 2.23. The first-order chi connectivity index (χ1) is 8.70. The molecule has 0 spiro atoms. The van der Waals surface area contributed by atoms with Crippen LogP contribution in [0, 0.1) is 6.92 Å². The van der Waals surface area contributed by atoms with Gasteiger partial charge in [-0.2, -0.15) is 0 Å². The van der Waals surface area contributed by atoms with Gasteiger partial charge in [0, 0.05) is 23.3 Å². The number of methoxy groups -OCH3 is 1. The lowest BCUT2D eigenvalue weighted by Crippen LogP contribution is -2.05. The smallest absolute Gasteiger partial charge is 0.193 e. The molecule has 18 heavy (non-hydrogen) atoms. The Bertz CT molecular complexity index is 806. The van der Waals surface area contributed by atoms with Crippen molar-refractivity contribution in [2.75, 3.05) is 7.11 Å². The monoisotopic (exact) mass is 240 g/mol. The third kappa shape index (κ3) is 1.46. The highest BCUT2D eigenvalue weighted by atomic mass is 16.5. The van der Waals surface area contributed by atoms with Crippen molar-refractivity contribution in [1.29, 1.82) is 0 Å². The van der Waals surface area contributed by atoms with Gasteiger partial charge in [0.25, 0.3) is 0 Å². The molecule has 0 saturated heterocycles. The van der Waals surface area contributed by atoms with E-state index in [0.717, 1.165) is 22.1 Å². The fraction of sp³-hybridized carbons (Fsp3) is 0.143. The SMILES string of the molecule is COc1cc2cccnc2c2[nH]c(C)cc(=O)c12. The molecule has 1 N–H and O–H groups in total. The Balaban J connectivity index is 2.65. The summed E-state index contributed by atoms with van der Waals surface area (Å²) in [5.41, 5.74) is 2.28. The van der Waals surface area contributed by atoms with Gasteiger partial charge in [0.05, 0.1) is 23.5 Å². The van der Waals surface area contributed by atoms with Crippen molar-refractivity contribution in [1.82, 2.24) is 9.97 Å². The Morgan fingerprint density at radius 3 is 2.94 bits per heavy atom. The van der Waals surface area contributed by atoms with E-state index in [1.807, 2.05) is 25.1 Å². The van der Waals surface area contributed by atoms with Crippen molar-refractivity contribution in [3.8, 4) is 5.75 Å². The van der Waals surface area contributed by atoms with Crippen LogP contribution in [0.3, 0.4) is 0 Å². The van der Waals surface area contributed by atoms with Gasteiger partial charge in [-0.1, -0.05) is 6.07 Å². The standard InChI is InChI=1S/C14H12N2O2/c1-8-6-10(17)12-11(18-2)7-9-4-3-5-15-13(9)14(12)16-8/h3-7H,1-2H3,(H,16,17). The number of aromatic nitrogens is 2. The van der Waals surface area contributed by atoms with E-state index in [4.69, 9.17) is 4.74 Å². The van der Waals surface area contributed by atoms with E-state index >= 15 is 0 Å². The number of aromatic amines is 1.